The summed E-state index contributed by atoms with van der Waals surface area (Å²) in [6, 6.07) is 3.58. The Kier molecular flexibility index (Phi) is 4.83. The first kappa shape index (κ1) is 14.2. The molecule has 0 saturated heterocycles. The molecule has 0 bridgehead atoms. The molecule has 0 aliphatic rings. The van der Waals surface area contributed by atoms with Crippen molar-refractivity contribution in [3.8, 4) is 5.75 Å². The monoisotopic (exact) mass is 253 g/mol. The van der Waals surface area contributed by atoms with Crippen molar-refractivity contribution in [2.45, 2.75) is 26.3 Å². The van der Waals surface area contributed by atoms with Crippen LogP contribution in [0.1, 0.15) is 30.6 Å². The van der Waals surface area contributed by atoms with Crippen molar-refractivity contribution < 1.29 is 18.7 Å². The molecule has 1 amide bonds. The van der Waals surface area contributed by atoms with Gasteiger partial charge in [-0.05, 0) is 31.5 Å². The molecule has 0 spiro atoms. The van der Waals surface area contributed by atoms with Crippen LogP contribution in [-0.4, -0.2) is 24.8 Å². The third-order valence-electron chi connectivity index (χ3n) is 2.61. The summed E-state index contributed by atoms with van der Waals surface area (Å²) in [5.41, 5.74) is 0.00843. The van der Waals surface area contributed by atoms with Crippen LogP contribution in [0.25, 0.3) is 0 Å². The molecule has 1 unspecified atom stereocenters. The summed E-state index contributed by atoms with van der Waals surface area (Å²) in [6.07, 6.45) is 0.718. The summed E-state index contributed by atoms with van der Waals surface area (Å²) in [5, 5.41) is 2.53. The molecular formula is C13H16FNO3. The van der Waals surface area contributed by atoms with Gasteiger partial charge in [-0.25, -0.2) is 4.39 Å². The highest BCUT2D eigenvalue weighted by atomic mass is 19.1. The van der Waals surface area contributed by atoms with Crippen LogP contribution in [0.5, 0.6) is 5.75 Å². The number of methoxy groups -OCH3 is 1. The Morgan fingerprint density at radius 3 is 2.61 bits per heavy atom. The van der Waals surface area contributed by atoms with E-state index in [1.165, 1.54) is 19.2 Å². The van der Waals surface area contributed by atoms with Gasteiger partial charge in [0.1, 0.15) is 0 Å². The molecule has 0 heterocycles. The Hall–Kier alpha value is -1.91. The van der Waals surface area contributed by atoms with Gasteiger partial charge in [0.25, 0.3) is 5.91 Å². The zero-order valence-electron chi connectivity index (χ0n) is 10.6. The maximum atomic E-state index is 13.4. The lowest BCUT2D eigenvalue weighted by Crippen LogP contribution is -2.37. The fourth-order valence-electron chi connectivity index (χ4n) is 1.33. The number of Topliss-reactive ketones (excluding diaryl/α,β-unsaturated/α-hetero) is 1. The lowest BCUT2D eigenvalue weighted by Gasteiger charge is -2.10. The number of hydrogen-bond acceptors (Lipinski definition) is 3. The maximum Gasteiger partial charge on any atom is 0.292 e. The molecular weight excluding hydrogens is 237 g/mol. The van der Waals surface area contributed by atoms with Gasteiger partial charge in [-0.1, -0.05) is 6.92 Å². The van der Waals surface area contributed by atoms with Gasteiger partial charge in [0.15, 0.2) is 11.6 Å². The van der Waals surface area contributed by atoms with Crippen LogP contribution >= 0.6 is 0 Å². The number of ether oxygens (including phenoxy) is 1. The van der Waals surface area contributed by atoms with Gasteiger partial charge in [0.2, 0.25) is 5.78 Å². The largest absolute Gasteiger partial charge is 0.494 e. The summed E-state index contributed by atoms with van der Waals surface area (Å²) in [7, 11) is 1.33. The number of carbonyl (C=O) groups is 2. The topological polar surface area (TPSA) is 55.4 Å². The fourth-order valence-corrected chi connectivity index (χ4v) is 1.33. The van der Waals surface area contributed by atoms with E-state index in [0.29, 0.717) is 0 Å². The summed E-state index contributed by atoms with van der Waals surface area (Å²) < 4.78 is 18.1. The highest BCUT2D eigenvalue weighted by Gasteiger charge is 2.19. The van der Waals surface area contributed by atoms with Gasteiger partial charge >= 0.3 is 0 Å². The fraction of sp³-hybridized carbons (Fsp3) is 0.385. The first-order chi connectivity index (χ1) is 8.49. The maximum absolute atomic E-state index is 13.4. The predicted molar refractivity (Wildman–Crippen MR) is 65.2 cm³/mol. The van der Waals surface area contributed by atoms with Crippen molar-refractivity contribution >= 4 is 11.7 Å². The predicted octanol–water partition coefficient (Wildman–Crippen LogP) is 1.93. The zero-order valence-corrected chi connectivity index (χ0v) is 10.6. The molecule has 0 aliphatic heterocycles. The second-order valence-corrected chi connectivity index (χ2v) is 3.96. The second kappa shape index (κ2) is 6.14. The Bertz CT molecular complexity index is 460. The number of halogens is 1. The Morgan fingerprint density at radius 2 is 2.11 bits per heavy atom. The second-order valence-electron chi connectivity index (χ2n) is 3.96. The summed E-state index contributed by atoms with van der Waals surface area (Å²) in [5.74, 6) is -2.11. The Balaban J connectivity index is 2.84. The van der Waals surface area contributed by atoms with Crippen molar-refractivity contribution in [3.05, 3.63) is 29.6 Å². The van der Waals surface area contributed by atoms with E-state index in [1.807, 2.05) is 6.92 Å². The normalized spacial score (nSPS) is 11.8. The average Bonchev–Trinajstić information content (AvgIpc) is 2.37. The quantitative estimate of drug-likeness (QED) is 0.644. The van der Waals surface area contributed by atoms with Crippen molar-refractivity contribution in [2.75, 3.05) is 7.11 Å². The number of rotatable bonds is 5. The molecule has 1 atom stereocenters. The van der Waals surface area contributed by atoms with Crippen LogP contribution in [0.2, 0.25) is 0 Å². The molecule has 0 aliphatic carbocycles. The van der Waals surface area contributed by atoms with Gasteiger partial charge in [-0.15, -0.1) is 0 Å². The van der Waals surface area contributed by atoms with Crippen LogP contribution in [-0.2, 0) is 4.79 Å². The average molecular weight is 253 g/mol. The van der Waals surface area contributed by atoms with E-state index >= 15 is 0 Å². The lowest BCUT2D eigenvalue weighted by atomic mass is 10.1. The van der Waals surface area contributed by atoms with Crippen LogP contribution in [0.15, 0.2) is 18.2 Å². The molecule has 1 N–H and O–H groups in total. The molecule has 5 heteroatoms. The number of benzene rings is 1. The van der Waals surface area contributed by atoms with Crippen molar-refractivity contribution in [3.63, 3.8) is 0 Å². The molecule has 18 heavy (non-hydrogen) atoms. The summed E-state index contributed by atoms with van der Waals surface area (Å²) in [6.45, 7) is 3.68. The number of nitrogens with one attached hydrogen (secondary N) is 1. The minimum Gasteiger partial charge on any atom is -0.494 e. The lowest BCUT2D eigenvalue weighted by molar-refractivity contribution is -0.117. The van der Waals surface area contributed by atoms with E-state index in [9.17, 15) is 14.0 Å². The zero-order chi connectivity index (χ0) is 13.7. The van der Waals surface area contributed by atoms with E-state index < -0.39 is 17.5 Å². The number of carbonyl (C=O) groups excluding carboxylic acids is 2. The molecule has 1 aromatic rings. The molecule has 0 saturated carbocycles. The van der Waals surface area contributed by atoms with E-state index in [0.717, 1.165) is 12.5 Å². The molecule has 1 aromatic carbocycles. The van der Waals surface area contributed by atoms with E-state index in [4.69, 9.17) is 4.74 Å². The Morgan fingerprint density at radius 1 is 1.44 bits per heavy atom. The highest BCUT2D eigenvalue weighted by Crippen LogP contribution is 2.17. The summed E-state index contributed by atoms with van der Waals surface area (Å²) >= 11 is 0. The highest BCUT2D eigenvalue weighted by molar-refractivity contribution is 6.42. The minimum absolute atomic E-state index is 0.00843. The van der Waals surface area contributed by atoms with Gasteiger partial charge in [-0.2, -0.15) is 0 Å². The first-order valence-electron chi connectivity index (χ1n) is 5.68. The third kappa shape index (κ3) is 3.29. The third-order valence-corrected chi connectivity index (χ3v) is 2.61. The first-order valence-corrected chi connectivity index (χ1v) is 5.68. The molecule has 4 nitrogen and oxygen atoms in total. The summed E-state index contributed by atoms with van der Waals surface area (Å²) in [4.78, 5) is 23.3. The molecule has 98 valence electrons. The van der Waals surface area contributed by atoms with Gasteiger partial charge in [0.05, 0.1) is 7.11 Å². The molecule has 1 rings (SSSR count). The van der Waals surface area contributed by atoms with E-state index in [-0.39, 0.29) is 17.4 Å². The number of ketones is 1. The van der Waals surface area contributed by atoms with Crippen LogP contribution in [0.3, 0.4) is 0 Å². The van der Waals surface area contributed by atoms with Gasteiger partial charge < -0.3 is 10.1 Å². The van der Waals surface area contributed by atoms with Gasteiger partial charge in [-0.3, -0.25) is 9.59 Å². The van der Waals surface area contributed by atoms with Crippen LogP contribution in [0.4, 0.5) is 4.39 Å². The van der Waals surface area contributed by atoms with Crippen LogP contribution < -0.4 is 10.1 Å². The Labute approximate surface area is 105 Å². The molecule has 0 aromatic heterocycles. The van der Waals surface area contributed by atoms with Crippen molar-refractivity contribution in [1.82, 2.24) is 5.32 Å². The smallest absolute Gasteiger partial charge is 0.292 e. The minimum atomic E-state index is -0.753. The van der Waals surface area contributed by atoms with Crippen molar-refractivity contribution in [1.29, 1.82) is 0 Å². The van der Waals surface area contributed by atoms with E-state index in [2.05, 4.69) is 5.32 Å². The van der Waals surface area contributed by atoms with Gasteiger partial charge in [0, 0.05) is 11.6 Å². The van der Waals surface area contributed by atoms with E-state index in [1.54, 1.807) is 6.92 Å². The standard InChI is InChI=1S/C13H16FNO3/c1-4-8(2)15-13(17)12(16)9-5-6-11(18-3)10(14)7-9/h5-8H,4H2,1-3H3,(H,15,17). The van der Waals surface area contributed by atoms with Crippen molar-refractivity contribution in [2.24, 2.45) is 0 Å². The molecule has 0 fully saturated rings. The number of hydrogen-bond donors (Lipinski definition) is 1. The number of amides is 1. The SMILES string of the molecule is CCC(C)NC(=O)C(=O)c1ccc(OC)c(F)c1. The molecule has 0 radical (unpaired) electrons. The van der Waals surface area contributed by atoms with Crippen LogP contribution in [0, 0.1) is 5.82 Å².